The van der Waals surface area contributed by atoms with E-state index in [4.69, 9.17) is 4.52 Å². The van der Waals surface area contributed by atoms with Crippen molar-refractivity contribution in [1.82, 2.24) is 15.4 Å². The third kappa shape index (κ3) is 3.97. The van der Waals surface area contributed by atoms with E-state index in [-0.39, 0.29) is 0 Å². The molecule has 1 fully saturated rings. The molecule has 0 radical (unpaired) electrons. The van der Waals surface area contributed by atoms with Crippen molar-refractivity contribution in [3.05, 3.63) is 51.3 Å². The Morgan fingerprint density at radius 1 is 1.18 bits per heavy atom. The Morgan fingerprint density at radius 3 is 2.50 bits per heavy atom. The minimum absolute atomic E-state index is 0.584. The van der Waals surface area contributed by atoms with Gasteiger partial charge in [-0.05, 0) is 54.0 Å². The molecule has 1 N–H and O–H groups in total. The molecule has 0 bridgehead atoms. The average molecular weight is 364 g/mol. The number of aromatic nitrogens is 1. The Morgan fingerprint density at radius 2 is 1.86 bits per heavy atom. The van der Waals surface area contributed by atoms with Crippen LogP contribution in [0.1, 0.15) is 41.2 Å². The molecule has 5 heteroatoms. The molecule has 0 aliphatic heterocycles. The van der Waals surface area contributed by atoms with Gasteiger partial charge in [-0.15, -0.1) is 0 Å². The van der Waals surface area contributed by atoms with Crippen LogP contribution in [0.4, 0.5) is 0 Å². The second-order valence-corrected chi connectivity index (χ2v) is 7.00. The van der Waals surface area contributed by atoms with Gasteiger partial charge in [0.15, 0.2) is 4.60 Å². The molecule has 1 aromatic carbocycles. The third-order valence-electron chi connectivity index (χ3n) is 3.87. The Balaban J connectivity index is 1.53. The summed E-state index contributed by atoms with van der Waals surface area (Å²) in [7, 11) is 4.17. The fraction of sp³-hybridized carbons (Fsp3) is 0.471. The molecule has 1 heterocycles. The highest BCUT2D eigenvalue weighted by molar-refractivity contribution is 9.10. The smallest absolute Gasteiger partial charge is 0.153 e. The maximum Gasteiger partial charge on any atom is 0.153 e. The molecule has 0 atom stereocenters. The molecule has 3 rings (SSSR count). The van der Waals surface area contributed by atoms with E-state index >= 15 is 0 Å². The van der Waals surface area contributed by atoms with Crippen molar-refractivity contribution in [2.45, 2.75) is 38.4 Å². The minimum Gasteiger partial charge on any atom is -0.360 e. The van der Waals surface area contributed by atoms with Gasteiger partial charge in [0.25, 0.3) is 0 Å². The zero-order valence-corrected chi connectivity index (χ0v) is 14.7. The molecule has 22 heavy (non-hydrogen) atoms. The summed E-state index contributed by atoms with van der Waals surface area (Å²) in [5.74, 6) is 1.64. The van der Waals surface area contributed by atoms with Crippen LogP contribution in [0.2, 0.25) is 0 Å². The molecular formula is C17H22BrN3O. The number of benzene rings is 1. The number of nitrogens with one attached hydrogen (secondary N) is 1. The standard InChI is InChI=1S/C17H22BrN3O/c1-21(2)11-13-5-3-12(4-6-13)9-19-10-15-16(14-7-8-14)22-20-17(15)18/h3-6,14,19H,7-11H2,1-2H3. The second kappa shape index (κ2) is 6.94. The largest absolute Gasteiger partial charge is 0.360 e. The molecule has 2 aromatic rings. The summed E-state index contributed by atoms with van der Waals surface area (Å²) in [6.07, 6.45) is 2.45. The highest BCUT2D eigenvalue weighted by Crippen LogP contribution is 2.43. The van der Waals surface area contributed by atoms with Crippen molar-refractivity contribution in [3.8, 4) is 0 Å². The molecule has 1 saturated carbocycles. The monoisotopic (exact) mass is 363 g/mol. The summed E-state index contributed by atoms with van der Waals surface area (Å²) in [5.41, 5.74) is 3.81. The van der Waals surface area contributed by atoms with Crippen LogP contribution in [0, 0.1) is 0 Å². The maximum absolute atomic E-state index is 5.43. The Bertz CT molecular complexity index is 617. The molecule has 1 aliphatic rings. The molecule has 0 spiro atoms. The van der Waals surface area contributed by atoms with Crippen molar-refractivity contribution in [2.75, 3.05) is 14.1 Å². The normalized spacial score (nSPS) is 14.7. The van der Waals surface area contributed by atoms with E-state index < -0.39 is 0 Å². The third-order valence-corrected chi connectivity index (χ3v) is 4.49. The van der Waals surface area contributed by atoms with E-state index in [1.165, 1.54) is 29.5 Å². The lowest BCUT2D eigenvalue weighted by Crippen LogP contribution is -2.14. The first-order valence-electron chi connectivity index (χ1n) is 7.70. The fourth-order valence-electron chi connectivity index (χ4n) is 2.59. The Labute approximate surface area is 140 Å². The fourth-order valence-corrected chi connectivity index (χ4v) is 3.00. The summed E-state index contributed by atoms with van der Waals surface area (Å²) >= 11 is 3.48. The number of hydrogen-bond donors (Lipinski definition) is 1. The molecule has 4 nitrogen and oxygen atoms in total. The quantitative estimate of drug-likeness (QED) is 0.814. The van der Waals surface area contributed by atoms with Crippen LogP contribution in [0.3, 0.4) is 0 Å². The number of hydrogen-bond acceptors (Lipinski definition) is 4. The van der Waals surface area contributed by atoms with E-state index in [1.807, 2.05) is 0 Å². The summed E-state index contributed by atoms with van der Waals surface area (Å²) < 4.78 is 6.27. The predicted molar refractivity (Wildman–Crippen MR) is 90.6 cm³/mol. The maximum atomic E-state index is 5.43. The van der Waals surface area contributed by atoms with E-state index in [1.54, 1.807) is 0 Å². The highest BCUT2D eigenvalue weighted by Gasteiger charge is 2.31. The molecular weight excluding hydrogens is 342 g/mol. The SMILES string of the molecule is CN(C)Cc1ccc(CNCc2c(Br)noc2C2CC2)cc1. The summed E-state index contributed by atoms with van der Waals surface area (Å²) in [5, 5.41) is 7.53. The highest BCUT2D eigenvalue weighted by atomic mass is 79.9. The van der Waals surface area contributed by atoms with Gasteiger partial charge in [0.1, 0.15) is 5.76 Å². The number of nitrogens with zero attached hydrogens (tertiary/aromatic N) is 2. The summed E-state index contributed by atoms with van der Waals surface area (Å²) in [4.78, 5) is 2.18. The lowest BCUT2D eigenvalue weighted by atomic mass is 10.1. The van der Waals surface area contributed by atoms with Crippen molar-refractivity contribution in [3.63, 3.8) is 0 Å². The van der Waals surface area contributed by atoms with Crippen LogP contribution < -0.4 is 5.32 Å². The second-order valence-electron chi connectivity index (χ2n) is 6.25. The van der Waals surface area contributed by atoms with Gasteiger partial charge < -0.3 is 14.7 Å². The Kier molecular flexibility index (Phi) is 4.96. The first-order valence-corrected chi connectivity index (χ1v) is 8.50. The van der Waals surface area contributed by atoms with E-state index in [2.05, 4.69) is 69.7 Å². The van der Waals surface area contributed by atoms with Crippen molar-refractivity contribution < 1.29 is 4.52 Å². The van der Waals surface area contributed by atoms with Crippen molar-refractivity contribution in [1.29, 1.82) is 0 Å². The molecule has 0 amide bonds. The van der Waals surface area contributed by atoms with Crippen molar-refractivity contribution in [2.24, 2.45) is 0 Å². The van der Waals surface area contributed by atoms with Crippen LogP contribution >= 0.6 is 15.9 Å². The van der Waals surface area contributed by atoms with Gasteiger partial charge in [0.2, 0.25) is 0 Å². The van der Waals surface area contributed by atoms with E-state index in [0.29, 0.717) is 5.92 Å². The van der Waals surface area contributed by atoms with Crippen molar-refractivity contribution >= 4 is 15.9 Å². The topological polar surface area (TPSA) is 41.3 Å². The van der Waals surface area contributed by atoms with E-state index in [0.717, 1.165) is 30.0 Å². The molecule has 1 aromatic heterocycles. The van der Waals surface area contributed by atoms with Gasteiger partial charge in [-0.1, -0.05) is 29.4 Å². The van der Waals surface area contributed by atoms with Crippen LogP contribution in [0.25, 0.3) is 0 Å². The van der Waals surface area contributed by atoms with Crippen LogP contribution in [-0.4, -0.2) is 24.2 Å². The van der Waals surface area contributed by atoms with E-state index in [9.17, 15) is 0 Å². The molecule has 1 aliphatic carbocycles. The lowest BCUT2D eigenvalue weighted by molar-refractivity contribution is 0.379. The van der Waals surface area contributed by atoms with Crippen LogP contribution in [0.15, 0.2) is 33.4 Å². The number of halogens is 1. The first kappa shape index (κ1) is 15.7. The predicted octanol–water partition coefficient (Wildman–Crippen LogP) is 3.67. The molecule has 0 saturated heterocycles. The van der Waals surface area contributed by atoms with Gasteiger partial charge in [0.05, 0.1) is 0 Å². The van der Waals surface area contributed by atoms with Crippen LogP contribution in [-0.2, 0) is 19.6 Å². The van der Waals surface area contributed by atoms with Gasteiger partial charge in [-0.3, -0.25) is 0 Å². The Hall–Kier alpha value is -1.17. The zero-order chi connectivity index (χ0) is 15.5. The molecule has 118 valence electrons. The first-order chi connectivity index (χ1) is 10.6. The van der Waals surface area contributed by atoms with Gasteiger partial charge in [-0.25, -0.2) is 0 Å². The lowest BCUT2D eigenvalue weighted by Gasteiger charge is -2.10. The van der Waals surface area contributed by atoms with Gasteiger partial charge in [-0.2, -0.15) is 0 Å². The van der Waals surface area contributed by atoms with Gasteiger partial charge >= 0.3 is 0 Å². The van der Waals surface area contributed by atoms with Crippen LogP contribution in [0.5, 0.6) is 0 Å². The summed E-state index contributed by atoms with van der Waals surface area (Å²) in [6.45, 7) is 2.62. The minimum atomic E-state index is 0.584. The van der Waals surface area contributed by atoms with Gasteiger partial charge in [0, 0.05) is 31.1 Å². The number of rotatable bonds is 7. The molecule has 0 unspecified atom stereocenters. The zero-order valence-electron chi connectivity index (χ0n) is 13.1. The average Bonchev–Trinajstić information content (AvgIpc) is 3.26. The summed E-state index contributed by atoms with van der Waals surface area (Å²) in [6, 6.07) is 8.77.